The van der Waals surface area contributed by atoms with E-state index in [4.69, 9.17) is 5.11 Å². The Labute approximate surface area is 101 Å². The predicted octanol–water partition coefficient (Wildman–Crippen LogP) is -0.0119. The van der Waals surface area contributed by atoms with Gasteiger partial charge in [0.1, 0.15) is 0 Å². The number of nitrogens with one attached hydrogen (secondary N) is 1. The summed E-state index contributed by atoms with van der Waals surface area (Å²) < 4.78 is 35.5. The summed E-state index contributed by atoms with van der Waals surface area (Å²) in [5.41, 5.74) is 0. The first kappa shape index (κ1) is 16.2. The third-order valence-electron chi connectivity index (χ3n) is 1.99. The van der Waals surface area contributed by atoms with Gasteiger partial charge in [-0.2, -0.15) is 13.2 Å². The molecule has 0 aromatic rings. The smallest absolute Gasteiger partial charge is 0.471 e. The molecule has 0 spiro atoms. The highest BCUT2D eigenvalue weighted by Crippen LogP contribution is 2.13. The molecule has 104 valence electrons. The summed E-state index contributed by atoms with van der Waals surface area (Å²) >= 11 is 0. The number of hydrogen-bond donors (Lipinski definition) is 2. The number of carboxylic acid groups (broad SMARTS) is 1. The second kappa shape index (κ2) is 6.82. The summed E-state index contributed by atoms with van der Waals surface area (Å²) in [5.74, 6) is -4.10. The normalized spacial score (nSPS) is 10.9. The van der Waals surface area contributed by atoms with Gasteiger partial charge in [-0.1, -0.05) is 0 Å². The molecule has 0 aromatic heterocycles. The van der Waals surface area contributed by atoms with E-state index in [0.717, 1.165) is 4.90 Å². The molecule has 18 heavy (non-hydrogen) atoms. The van der Waals surface area contributed by atoms with Crippen molar-refractivity contribution in [1.29, 1.82) is 0 Å². The summed E-state index contributed by atoms with van der Waals surface area (Å²) in [6, 6.07) is 0. The van der Waals surface area contributed by atoms with Crippen molar-refractivity contribution in [3.05, 3.63) is 0 Å². The highest BCUT2D eigenvalue weighted by molar-refractivity contribution is 5.87. The maximum Gasteiger partial charge on any atom is 0.471 e. The van der Waals surface area contributed by atoms with E-state index in [1.165, 1.54) is 5.32 Å². The van der Waals surface area contributed by atoms with Crippen LogP contribution in [0.25, 0.3) is 0 Å². The van der Waals surface area contributed by atoms with Crippen molar-refractivity contribution in [3.8, 4) is 0 Å². The van der Waals surface area contributed by atoms with Crippen molar-refractivity contribution < 1.29 is 32.7 Å². The van der Waals surface area contributed by atoms with Crippen LogP contribution < -0.4 is 5.32 Å². The van der Waals surface area contributed by atoms with Crippen LogP contribution in [0.1, 0.15) is 13.3 Å². The number of carbonyl (C=O) groups is 3. The first-order valence-electron chi connectivity index (χ1n) is 5.03. The summed E-state index contributed by atoms with van der Waals surface area (Å²) in [5, 5.41) is 9.83. The van der Waals surface area contributed by atoms with Crippen molar-refractivity contribution in [3.63, 3.8) is 0 Å². The molecule has 2 N–H and O–H groups in total. The van der Waals surface area contributed by atoms with Gasteiger partial charge in [0.05, 0.1) is 13.0 Å². The number of carbonyl (C=O) groups excluding carboxylic acids is 2. The highest BCUT2D eigenvalue weighted by atomic mass is 19.4. The molecule has 0 heterocycles. The Hall–Kier alpha value is -1.80. The maximum absolute atomic E-state index is 11.8. The van der Waals surface area contributed by atoms with Crippen LogP contribution >= 0.6 is 0 Å². The number of amides is 2. The molecule has 0 saturated heterocycles. The largest absolute Gasteiger partial charge is 0.481 e. The SMILES string of the molecule is CCN(CCC(=O)O)C(=O)CNC(=O)C(F)(F)F. The van der Waals surface area contributed by atoms with Gasteiger partial charge in [0, 0.05) is 13.1 Å². The lowest BCUT2D eigenvalue weighted by atomic mass is 10.3. The minimum atomic E-state index is -5.04. The number of hydrogen-bond acceptors (Lipinski definition) is 3. The van der Waals surface area contributed by atoms with Crippen LogP contribution in [-0.2, 0) is 14.4 Å². The first-order valence-corrected chi connectivity index (χ1v) is 5.03. The highest BCUT2D eigenvalue weighted by Gasteiger charge is 2.38. The van der Waals surface area contributed by atoms with Crippen LogP contribution in [0.3, 0.4) is 0 Å². The molecular weight excluding hydrogens is 257 g/mol. The van der Waals surface area contributed by atoms with Gasteiger partial charge in [0.25, 0.3) is 0 Å². The third kappa shape index (κ3) is 6.06. The molecule has 0 aliphatic rings. The quantitative estimate of drug-likeness (QED) is 0.710. The van der Waals surface area contributed by atoms with Gasteiger partial charge >= 0.3 is 18.1 Å². The summed E-state index contributed by atoms with van der Waals surface area (Å²) in [6.07, 6.45) is -5.36. The number of likely N-dealkylation sites (N-methyl/N-ethyl adjacent to an activating group) is 1. The van der Waals surface area contributed by atoms with Crippen molar-refractivity contribution in [2.75, 3.05) is 19.6 Å². The molecule has 0 unspecified atom stereocenters. The van der Waals surface area contributed by atoms with Crippen molar-refractivity contribution >= 4 is 17.8 Å². The lowest BCUT2D eigenvalue weighted by molar-refractivity contribution is -0.174. The van der Waals surface area contributed by atoms with Gasteiger partial charge in [-0.3, -0.25) is 14.4 Å². The van der Waals surface area contributed by atoms with Crippen LogP contribution in [0.4, 0.5) is 13.2 Å². The summed E-state index contributed by atoms with van der Waals surface area (Å²) in [6.45, 7) is 0.762. The number of nitrogens with zero attached hydrogens (tertiary/aromatic N) is 1. The maximum atomic E-state index is 11.8. The fraction of sp³-hybridized carbons (Fsp3) is 0.667. The Morgan fingerprint density at radius 3 is 2.22 bits per heavy atom. The molecule has 0 aliphatic carbocycles. The Morgan fingerprint density at radius 2 is 1.83 bits per heavy atom. The summed E-state index contributed by atoms with van der Waals surface area (Å²) in [4.78, 5) is 33.1. The molecule has 0 fully saturated rings. The molecule has 6 nitrogen and oxygen atoms in total. The lowest BCUT2D eigenvalue weighted by Gasteiger charge is -2.20. The average Bonchev–Trinajstić information content (AvgIpc) is 2.24. The van der Waals surface area contributed by atoms with E-state index in [1.54, 1.807) is 6.92 Å². The molecule has 0 atom stereocenters. The van der Waals surface area contributed by atoms with E-state index in [2.05, 4.69) is 0 Å². The molecule has 2 amide bonds. The van der Waals surface area contributed by atoms with E-state index < -0.39 is 30.5 Å². The van der Waals surface area contributed by atoms with Gasteiger partial charge in [-0.25, -0.2) is 0 Å². The minimum Gasteiger partial charge on any atom is -0.481 e. The Balaban J connectivity index is 4.21. The topological polar surface area (TPSA) is 86.7 Å². The second-order valence-corrected chi connectivity index (χ2v) is 3.30. The van der Waals surface area contributed by atoms with Crippen LogP contribution in [0.2, 0.25) is 0 Å². The van der Waals surface area contributed by atoms with Gasteiger partial charge < -0.3 is 15.3 Å². The third-order valence-corrected chi connectivity index (χ3v) is 1.99. The van der Waals surface area contributed by atoms with Crippen LogP contribution in [0.15, 0.2) is 0 Å². The van der Waals surface area contributed by atoms with Gasteiger partial charge in [-0.05, 0) is 6.92 Å². The molecule has 0 saturated carbocycles. The number of carboxylic acids is 1. The Morgan fingerprint density at radius 1 is 1.28 bits per heavy atom. The fourth-order valence-corrected chi connectivity index (χ4v) is 1.06. The average molecular weight is 270 g/mol. The second-order valence-electron chi connectivity index (χ2n) is 3.30. The number of alkyl halides is 3. The zero-order chi connectivity index (χ0) is 14.3. The van der Waals surface area contributed by atoms with E-state index in [-0.39, 0.29) is 19.5 Å². The predicted molar refractivity (Wildman–Crippen MR) is 53.6 cm³/mol. The van der Waals surface area contributed by atoms with Crippen LogP contribution in [0, 0.1) is 0 Å². The number of rotatable bonds is 6. The van der Waals surface area contributed by atoms with Crippen molar-refractivity contribution in [2.45, 2.75) is 19.5 Å². The molecule has 0 aromatic carbocycles. The van der Waals surface area contributed by atoms with Crippen LogP contribution in [-0.4, -0.2) is 53.6 Å². The molecular formula is C9H13F3N2O4. The molecule has 9 heteroatoms. The van der Waals surface area contributed by atoms with E-state index in [1.807, 2.05) is 0 Å². The monoisotopic (exact) mass is 270 g/mol. The molecule has 0 bridgehead atoms. The van der Waals surface area contributed by atoms with Gasteiger partial charge in [0.2, 0.25) is 5.91 Å². The molecule has 0 aliphatic heterocycles. The van der Waals surface area contributed by atoms with E-state index in [0.29, 0.717) is 0 Å². The van der Waals surface area contributed by atoms with Gasteiger partial charge in [0.15, 0.2) is 0 Å². The van der Waals surface area contributed by atoms with E-state index >= 15 is 0 Å². The fourth-order valence-electron chi connectivity index (χ4n) is 1.06. The van der Waals surface area contributed by atoms with Crippen LogP contribution in [0.5, 0.6) is 0 Å². The Kier molecular flexibility index (Phi) is 6.14. The first-order chi connectivity index (χ1) is 8.18. The minimum absolute atomic E-state index is 0.118. The summed E-state index contributed by atoms with van der Waals surface area (Å²) in [7, 11) is 0. The number of aliphatic carboxylic acids is 1. The van der Waals surface area contributed by atoms with Gasteiger partial charge in [-0.15, -0.1) is 0 Å². The standard InChI is InChI=1S/C9H13F3N2O4/c1-2-14(4-3-7(16)17)6(15)5-13-8(18)9(10,11)12/h2-5H2,1H3,(H,13,18)(H,16,17). The zero-order valence-electron chi connectivity index (χ0n) is 9.58. The van der Waals surface area contributed by atoms with Crippen molar-refractivity contribution in [2.24, 2.45) is 0 Å². The lowest BCUT2D eigenvalue weighted by Crippen LogP contribution is -2.44. The Bertz CT molecular complexity index is 330. The number of halogens is 3. The van der Waals surface area contributed by atoms with Crippen molar-refractivity contribution in [1.82, 2.24) is 10.2 Å². The molecule has 0 rings (SSSR count). The molecule has 0 radical (unpaired) electrons. The van der Waals surface area contributed by atoms with E-state index in [9.17, 15) is 27.6 Å². The zero-order valence-corrected chi connectivity index (χ0v) is 9.58.